The minimum absolute atomic E-state index is 0.495. The molecule has 0 radical (unpaired) electrons. The van der Waals surface area contributed by atoms with Gasteiger partial charge in [0.05, 0.1) is 7.11 Å². The minimum Gasteiger partial charge on any atom is -0.305 e. The monoisotopic (exact) mass is 173 g/mol. The van der Waals surface area contributed by atoms with Crippen LogP contribution in [-0.4, -0.2) is 13.7 Å². The van der Waals surface area contributed by atoms with Crippen molar-refractivity contribution in [1.82, 2.24) is 5.48 Å². The second-order valence-electron chi connectivity index (χ2n) is 4.47. The quantitative estimate of drug-likeness (QED) is 0.492. The van der Waals surface area contributed by atoms with Gasteiger partial charge in [0, 0.05) is 6.54 Å². The van der Waals surface area contributed by atoms with E-state index in [1.807, 2.05) is 0 Å². The number of nitrogens with one attached hydrogen (secondary N) is 1. The molecule has 2 nitrogen and oxygen atoms in total. The molecule has 0 amide bonds. The Morgan fingerprint density at radius 1 is 1.08 bits per heavy atom. The van der Waals surface area contributed by atoms with Crippen molar-refractivity contribution < 1.29 is 4.84 Å². The fourth-order valence-electron chi connectivity index (χ4n) is 1.13. The minimum atomic E-state index is 0.495. The van der Waals surface area contributed by atoms with Gasteiger partial charge in [-0.3, -0.25) is 0 Å². The average molecular weight is 173 g/mol. The van der Waals surface area contributed by atoms with Crippen LogP contribution >= 0.6 is 0 Å². The summed E-state index contributed by atoms with van der Waals surface area (Å²) in [6.45, 7) is 7.85. The summed E-state index contributed by atoms with van der Waals surface area (Å²) in [5.41, 5.74) is 3.34. The maximum atomic E-state index is 4.74. The van der Waals surface area contributed by atoms with Gasteiger partial charge in [-0.15, -0.1) is 0 Å². The van der Waals surface area contributed by atoms with Gasteiger partial charge >= 0.3 is 0 Å². The van der Waals surface area contributed by atoms with E-state index in [1.165, 1.54) is 25.7 Å². The smallest absolute Gasteiger partial charge is 0.0572 e. The second kappa shape index (κ2) is 6.44. The lowest BCUT2D eigenvalue weighted by atomic mass is 9.89. The first-order chi connectivity index (χ1) is 5.56. The molecular formula is C10H23NO. The van der Waals surface area contributed by atoms with Crippen LogP contribution in [0.4, 0.5) is 0 Å². The Balaban J connectivity index is 3.01. The lowest BCUT2D eigenvalue weighted by molar-refractivity contribution is 0.0903. The van der Waals surface area contributed by atoms with Gasteiger partial charge in [0.1, 0.15) is 0 Å². The standard InChI is InChI=1S/C10H23NO/c1-10(2,3)8-6-5-7-9-11-12-4/h11H,5-9H2,1-4H3. The SMILES string of the molecule is CONCCCCCC(C)(C)C. The highest BCUT2D eigenvalue weighted by molar-refractivity contribution is 4.60. The van der Waals surface area contributed by atoms with Crippen molar-refractivity contribution in [2.24, 2.45) is 5.41 Å². The Morgan fingerprint density at radius 3 is 2.25 bits per heavy atom. The summed E-state index contributed by atoms with van der Waals surface area (Å²) in [6, 6.07) is 0. The normalized spacial score (nSPS) is 12.0. The van der Waals surface area contributed by atoms with Crippen LogP contribution < -0.4 is 5.48 Å². The first-order valence-electron chi connectivity index (χ1n) is 4.82. The zero-order chi connectivity index (χ0) is 9.45. The zero-order valence-electron chi connectivity index (χ0n) is 8.94. The molecule has 0 aliphatic rings. The Hall–Kier alpha value is -0.0800. The van der Waals surface area contributed by atoms with Crippen LogP contribution in [0.1, 0.15) is 46.5 Å². The van der Waals surface area contributed by atoms with Crippen molar-refractivity contribution in [2.75, 3.05) is 13.7 Å². The summed E-state index contributed by atoms with van der Waals surface area (Å²) < 4.78 is 0. The summed E-state index contributed by atoms with van der Waals surface area (Å²) >= 11 is 0. The number of unbranched alkanes of at least 4 members (excludes halogenated alkanes) is 2. The Morgan fingerprint density at radius 2 is 1.75 bits per heavy atom. The molecule has 12 heavy (non-hydrogen) atoms. The molecule has 0 unspecified atom stereocenters. The van der Waals surface area contributed by atoms with Crippen LogP contribution in [0, 0.1) is 5.41 Å². The van der Waals surface area contributed by atoms with Crippen molar-refractivity contribution in [1.29, 1.82) is 0 Å². The van der Waals surface area contributed by atoms with E-state index >= 15 is 0 Å². The molecule has 2 heteroatoms. The van der Waals surface area contributed by atoms with Gasteiger partial charge < -0.3 is 4.84 Å². The maximum absolute atomic E-state index is 4.74. The van der Waals surface area contributed by atoms with Crippen LogP contribution in [0.15, 0.2) is 0 Å². The van der Waals surface area contributed by atoms with Crippen LogP contribution in [0.5, 0.6) is 0 Å². The van der Waals surface area contributed by atoms with E-state index in [1.54, 1.807) is 7.11 Å². The Bertz CT molecular complexity index is 96.5. The summed E-state index contributed by atoms with van der Waals surface area (Å²) in [6.07, 6.45) is 5.16. The third-order valence-electron chi connectivity index (χ3n) is 1.85. The van der Waals surface area contributed by atoms with Crippen molar-refractivity contribution >= 4 is 0 Å². The molecule has 0 aromatic carbocycles. The molecule has 0 aromatic rings. The molecule has 74 valence electrons. The van der Waals surface area contributed by atoms with Crippen LogP contribution in [0.3, 0.4) is 0 Å². The van der Waals surface area contributed by atoms with Gasteiger partial charge in [-0.25, -0.2) is 5.48 Å². The predicted octanol–water partition coefficient (Wildman–Crippen LogP) is 2.74. The molecule has 0 heterocycles. The van der Waals surface area contributed by atoms with E-state index in [9.17, 15) is 0 Å². The first-order valence-corrected chi connectivity index (χ1v) is 4.82. The summed E-state index contributed by atoms with van der Waals surface area (Å²) in [5, 5.41) is 0. The fraction of sp³-hybridized carbons (Fsp3) is 1.00. The average Bonchev–Trinajstić information content (AvgIpc) is 1.94. The van der Waals surface area contributed by atoms with Crippen molar-refractivity contribution in [2.45, 2.75) is 46.5 Å². The predicted molar refractivity (Wildman–Crippen MR) is 52.9 cm³/mol. The number of hydroxylamine groups is 1. The molecule has 0 atom stereocenters. The maximum Gasteiger partial charge on any atom is 0.0572 e. The largest absolute Gasteiger partial charge is 0.305 e. The third-order valence-corrected chi connectivity index (χ3v) is 1.85. The van der Waals surface area contributed by atoms with Crippen molar-refractivity contribution in [3.8, 4) is 0 Å². The molecule has 0 saturated heterocycles. The van der Waals surface area contributed by atoms with E-state index in [0.717, 1.165) is 6.54 Å². The van der Waals surface area contributed by atoms with Crippen LogP contribution in [0.2, 0.25) is 0 Å². The number of hydrogen-bond donors (Lipinski definition) is 1. The summed E-state index contributed by atoms with van der Waals surface area (Å²) in [7, 11) is 1.66. The van der Waals surface area contributed by atoms with Gasteiger partial charge in [0.2, 0.25) is 0 Å². The summed E-state index contributed by atoms with van der Waals surface area (Å²) in [5.74, 6) is 0. The second-order valence-corrected chi connectivity index (χ2v) is 4.47. The number of hydrogen-bond acceptors (Lipinski definition) is 2. The fourth-order valence-corrected chi connectivity index (χ4v) is 1.13. The lowest BCUT2D eigenvalue weighted by Crippen LogP contribution is -2.13. The highest BCUT2D eigenvalue weighted by Gasteiger charge is 2.08. The Kier molecular flexibility index (Phi) is 6.39. The van der Waals surface area contributed by atoms with Crippen LogP contribution in [-0.2, 0) is 4.84 Å². The van der Waals surface area contributed by atoms with E-state index in [-0.39, 0.29) is 0 Å². The van der Waals surface area contributed by atoms with Gasteiger partial charge in [0.15, 0.2) is 0 Å². The van der Waals surface area contributed by atoms with Gasteiger partial charge in [-0.05, 0) is 18.3 Å². The van der Waals surface area contributed by atoms with Crippen LogP contribution in [0.25, 0.3) is 0 Å². The molecule has 0 fully saturated rings. The molecule has 0 spiro atoms. The lowest BCUT2D eigenvalue weighted by Gasteiger charge is -2.17. The van der Waals surface area contributed by atoms with E-state index < -0.39 is 0 Å². The van der Waals surface area contributed by atoms with Gasteiger partial charge in [-0.1, -0.05) is 33.6 Å². The molecule has 0 bridgehead atoms. The molecule has 0 aliphatic heterocycles. The zero-order valence-corrected chi connectivity index (χ0v) is 8.94. The molecule has 1 N–H and O–H groups in total. The van der Waals surface area contributed by atoms with Gasteiger partial charge in [0.25, 0.3) is 0 Å². The molecule has 0 rings (SSSR count). The molecule has 0 saturated carbocycles. The highest BCUT2D eigenvalue weighted by Crippen LogP contribution is 2.21. The molecule has 0 aromatic heterocycles. The summed E-state index contributed by atoms with van der Waals surface area (Å²) in [4.78, 5) is 4.74. The highest BCUT2D eigenvalue weighted by atomic mass is 16.6. The topological polar surface area (TPSA) is 21.3 Å². The van der Waals surface area contributed by atoms with Crippen molar-refractivity contribution in [3.05, 3.63) is 0 Å². The van der Waals surface area contributed by atoms with E-state index in [0.29, 0.717) is 5.41 Å². The molecule has 0 aliphatic carbocycles. The van der Waals surface area contributed by atoms with E-state index in [4.69, 9.17) is 4.84 Å². The molecular weight excluding hydrogens is 150 g/mol. The first kappa shape index (κ1) is 11.9. The third kappa shape index (κ3) is 9.92. The van der Waals surface area contributed by atoms with E-state index in [2.05, 4.69) is 26.3 Å². The number of rotatable bonds is 6. The van der Waals surface area contributed by atoms with Crippen molar-refractivity contribution in [3.63, 3.8) is 0 Å². The Labute approximate surface area is 76.6 Å². The van der Waals surface area contributed by atoms with Gasteiger partial charge in [-0.2, -0.15) is 0 Å².